The second-order valence-corrected chi connectivity index (χ2v) is 3.83. The maximum absolute atomic E-state index is 10.8. The van der Waals surface area contributed by atoms with E-state index in [0.29, 0.717) is 0 Å². The quantitative estimate of drug-likeness (QED) is 0.773. The highest BCUT2D eigenvalue weighted by atomic mass is 16.1. The van der Waals surface area contributed by atoms with Crippen LogP contribution in [0.1, 0.15) is 24.5 Å². The van der Waals surface area contributed by atoms with E-state index >= 15 is 0 Å². The molecule has 0 unspecified atom stereocenters. The first kappa shape index (κ1) is 14.2. The second-order valence-electron chi connectivity index (χ2n) is 3.83. The summed E-state index contributed by atoms with van der Waals surface area (Å²) in [7, 11) is 0. The monoisotopic (exact) mass is 217 g/mol. The molecule has 0 aliphatic carbocycles. The van der Waals surface area contributed by atoms with Gasteiger partial charge in [0.25, 0.3) is 0 Å². The molecule has 0 heterocycles. The van der Waals surface area contributed by atoms with Crippen LogP contribution in [0.3, 0.4) is 0 Å². The van der Waals surface area contributed by atoms with Crippen LogP contribution in [0, 0.1) is 25.7 Å². The highest BCUT2D eigenvalue weighted by Crippen LogP contribution is 2.10. The van der Waals surface area contributed by atoms with Crippen molar-refractivity contribution in [3.63, 3.8) is 0 Å². The van der Waals surface area contributed by atoms with Crippen LogP contribution in [0.15, 0.2) is 24.3 Å². The fourth-order valence-corrected chi connectivity index (χ4v) is 1.39. The average molecular weight is 217 g/mol. The number of amides is 1. The summed E-state index contributed by atoms with van der Waals surface area (Å²) in [5.74, 6) is -0.242. The number of carbonyl (C=O) groups excluding carboxylic acids is 1. The molecule has 86 valence electrons. The van der Waals surface area contributed by atoms with Crippen LogP contribution in [-0.4, -0.2) is 5.91 Å². The second kappa shape index (κ2) is 7.53. The first-order valence-electron chi connectivity index (χ1n) is 5.28. The molecule has 0 aliphatic heterocycles. The van der Waals surface area contributed by atoms with E-state index in [1.807, 2.05) is 13.0 Å². The van der Waals surface area contributed by atoms with Crippen LogP contribution in [0.25, 0.3) is 0 Å². The van der Waals surface area contributed by atoms with Gasteiger partial charge in [0.05, 0.1) is 0 Å². The Morgan fingerprint density at radius 2 is 2.06 bits per heavy atom. The Labute approximate surface area is 97.9 Å². The van der Waals surface area contributed by atoms with Crippen molar-refractivity contribution in [1.29, 1.82) is 0 Å². The van der Waals surface area contributed by atoms with Crippen molar-refractivity contribution in [2.75, 3.05) is 0 Å². The number of benzene rings is 1. The van der Waals surface area contributed by atoms with E-state index in [4.69, 9.17) is 5.73 Å². The molecule has 0 spiro atoms. The Bertz CT molecular complexity index is 355. The Morgan fingerprint density at radius 1 is 1.44 bits per heavy atom. The van der Waals surface area contributed by atoms with Gasteiger partial charge in [-0.15, -0.1) is 12.8 Å². The Balaban J connectivity index is 0.00000106. The number of primary amides is 1. The van der Waals surface area contributed by atoms with Crippen molar-refractivity contribution in [3.8, 4) is 12.8 Å². The number of aryl methyl sites for hydroxylation is 2. The van der Waals surface area contributed by atoms with Gasteiger partial charge in [0.1, 0.15) is 0 Å². The van der Waals surface area contributed by atoms with Crippen LogP contribution in [0.2, 0.25) is 0 Å². The molecule has 1 rings (SSSR count). The predicted octanol–water partition coefficient (Wildman–Crippen LogP) is 2.30. The van der Waals surface area contributed by atoms with Crippen molar-refractivity contribution in [2.24, 2.45) is 11.7 Å². The first-order chi connectivity index (χ1) is 7.59. The minimum Gasteiger partial charge on any atom is -0.369 e. The van der Waals surface area contributed by atoms with Gasteiger partial charge >= 0.3 is 0 Å². The van der Waals surface area contributed by atoms with Gasteiger partial charge in [-0.2, -0.15) is 0 Å². The third kappa shape index (κ3) is 5.21. The molecule has 0 radical (unpaired) electrons. The van der Waals surface area contributed by atoms with Gasteiger partial charge in [-0.05, 0) is 25.3 Å². The molecule has 1 amide bonds. The molecule has 0 aliphatic rings. The molecule has 0 saturated carbocycles. The normalized spacial score (nSPS) is 11.0. The first-order valence-corrected chi connectivity index (χ1v) is 5.28. The molecular weight excluding hydrogens is 198 g/mol. The van der Waals surface area contributed by atoms with Crippen molar-refractivity contribution >= 4 is 5.91 Å². The lowest BCUT2D eigenvalue weighted by molar-refractivity contribution is -0.121. The fraction of sp³-hybridized carbons (Fsp3) is 0.357. The summed E-state index contributed by atoms with van der Waals surface area (Å²) in [6, 6.07) is 8.34. The van der Waals surface area contributed by atoms with Gasteiger partial charge in [0.2, 0.25) is 5.91 Å². The molecular formula is C14H19NO. The third-order valence-corrected chi connectivity index (χ3v) is 2.43. The van der Waals surface area contributed by atoms with E-state index in [2.05, 4.69) is 38.0 Å². The summed E-state index contributed by atoms with van der Waals surface area (Å²) in [6.07, 6.45) is 9.75. The lowest BCUT2D eigenvalue weighted by atomic mass is 10.00. The van der Waals surface area contributed by atoms with Crippen LogP contribution < -0.4 is 5.73 Å². The molecule has 0 aromatic heterocycles. The lowest BCUT2D eigenvalue weighted by Gasteiger charge is -2.07. The lowest BCUT2D eigenvalue weighted by Crippen LogP contribution is -2.20. The number of nitrogens with two attached hydrogens (primary N) is 1. The zero-order valence-corrected chi connectivity index (χ0v) is 9.94. The SMILES string of the molecule is C#C.Cc1cccc(CC[C@H](C)C(N)=O)c1. The molecule has 1 aromatic carbocycles. The number of rotatable bonds is 4. The van der Waals surface area contributed by atoms with Gasteiger partial charge < -0.3 is 5.73 Å². The number of hydrogen-bond acceptors (Lipinski definition) is 1. The van der Waals surface area contributed by atoms with Crippen LogP contribution in [0.5, 0.6) is 0 Å². The van der Waals surface area contributed by atoms with Gasteiger partial charge in [0.15, 0.2) is 0 Å². The molecule has 0 saturated heterocycles. The van der Waals surface area contributed by atoms with Crippen molar-refractivity contribution in [2.45, 2.75) is 26.7 Å². The van der Waals surface area contributed by atoms with Crippen LogP contribution in [0.4, 0.5) is 0 Å². The Kier molecular flexibility index (Phi) is 6.71. The topological polar surface area (TPSA) is 43.1 Å². The molecule has 1 atom stereocenters. The van der Waals surface area contributed by atoms with Gasteiger partial charge in [-0.1, -0.05) is 36.8 Å². The average Bonchev–Trinajstić information content (AvgIpc) is 2.28. The molecule has 0 bridgehead atoms. The minimum absolute atomic E-state index is 0.0319. The molecule has 0 fully saturated rings. The van der Waals surface area contributed by atoms with E-state index < -0.39 is 0 Å². The Morgan fingerprint density at radius 3 is 2.56 bits per heavy atom. The minimum atomic E-state index is -0.211. The summed E-state index contributed by atoms with van der Waals surface area (Å²) >= 11 is 0. The van der Waals surface area contributed by atoms with Crippen molar-refractivity contribution in [1.82, 2.24) is 0 Å². The van der Waals surface area contributed by atoms with Crippen LogP contribution in [-0.2, 0) is 11.2 Å². The zero-order valence-electron chi connectivity index (χ0n) is 9.94. The third-order valence-electron chi connectivity index (χ3n) is 2.43. The maximum atomic E-state index is 10.8. The largest absolute Gasteiger partial charge is 0.369 e. The van der Waals surface area contributed by atoms with Crippen molar-refractivity contribution < 1.29 is 4.79 Å². The highest BCUT2D eigenvalue weighted by molar-refractivity contribution is 5.76. The summed E-state index contributed by atoms with van der Waals surface area (Å²) in [5.41, 5.74) is 7.73. The summed E-state index contributed by atoms with van der Waals surface area (Å²) in [6.45, 7) is 3.94. The van der Waals surface area contributed by atoms with E-state index in [1.165, 1.54) is 11.1 Å². The van der Waals surface area contributed by atoms with Gasteiger partial charge in [-0.3, -0.25) is 4.79 Å². The highest BCUT2D eigenvalue weighted by Gasteiger charge is 2.07. The maximum Gasteiger partial charge on any atom is 0.220 e. The number of terminal acetylenes is 1. The predicted molar refractivity (Wildman–Crippen MR) is 67.7 cm³/mol. The van der Waals surface area contributed by atoms with E-state index in [1.54, 1.807) is 0 Å². The molecule has 2 N–H and O–H groups in total. The smallest absolute Gasteiger partial charge is 0.220 e. The summed E-state index contributed by atoms with van der Waals surface area (Å²) in [5, 5.41) is 0. The van der Waals surface area contributed by atoms with E-state index in [-0.39, 0.29) is 11.8 Å². The molecule has 2 nitrogen and oxygen atoms in total. The number of hydrogen-bond donors (Lipinski definition) is 1. The summed E-state index contributed by atoms with van der Waals surface area (Å²) < 4.78 is 0. The molecule has 2 heteroatoms. The van der Waals surface area contributed by atoms with Crippen LogP contribution >= 0.6 is 0 Å². The zero-order chi connectivity index (χ0) is 12.6. The Hall–Kier alpha value is -1.75. The van der Waals surface area contributed by atoms with Crippen molar-refractivity contribution in [3.05, 3.63) is 35.4 Å². The van der Waals surface area contributed by atoms with E-state index in [9.17, 15) is 4.79 Å². The molecule has 16 heavy (non-hydrogen) atoms. The fourth-order valence-electron chi connectivity index (χ4n) is 1.39. The summed E-state index contributed by atoms with van der Waals surface area (Å²) in [4.78, 5) is 10.8. The molecule has 1 aromatic rings. The number of carbonyl (C=O) groups is 1. The van der Waals surface area contributed by atoms with Gasteiger partial charge in [-0.25, -0.2) is 0 Å². The van der Waals surface area contributed by atoms with E-state index in [0.717, 1.165) is 12.8 Å². The van der Waals surface area contributed by atoms with Gasteiger partial charge in [0, 0.05) is 5.92 Å². The standard InChI is InChI=1S/C12H17NO.C2H2/c1-9-4-3-5-11(8-9)7-6-10(2)12(13)14;1-2/h3-5,8,10H,6-7H2,1-2H3,(H2,13,14);1-2H/t10-;/m0./s1.